The Hall–Kier alpha value is -2.34. The molecule has 1 aromatic carbocycles. The van der Waals surface area contributed by atoms with Gasteiger partial charge in [0.1, 0.15) is 42.0 Å². The van der Waals surface area contributed by atoms with Gasteiger partial charge in [0, 0.05) is 11.4 Å². The summed E-state index contributed by atoms with van der Waals surface area (Å²) >= 11 is 1.37. The summed E-state index contributed by atoms with van der Waals surface area (Å²) in [4.78, 5) is 16.8. The Labute approximate surface area is 162 Å². The predicted molar refractivity (Wildman–Crippen MR) is 98.0 cm³/mol. The zero-order valence-corrected chi connectivity index (χ0v) is 15.2. The first kappa shape index (κ1) is 19.0. The van der Waals surface area contributed by atoms with Gasteiger partial charge >= 0.3 is 0 Å². The smallest absolute Gasteiger partial charge is 0.229 e. The maximum Gasteiger partial charge on any atom is 0.229 e. The van der Waals surface area contributed by atoms with Gasteiger partial charge in [-0.1, -0.05) is 0 Å². The molecule has 4 rings (SSSR count). The number of aliphatic hydroxyl groups is 4. The Balaban J connectivity index is 1.62. The molecular formula is C18H17NO8S. The molecule has 1 saturated heterocycles. The number of nitrogens with zero attached hydrogens (tertiary/aromatic N) is 1. The summed E-state index contributed by atoms with van der Waals surface area (Å²) < 4.78 is 16.4. The summed E-state index contributed by atoms with van der Waals surface area (Å²) in [7, 11) is 0. The number of rotatable bonds is 4. The minimum Gasteiger partial charge on any atom is -0.463 e. The minimum absolute atomic E-state index is 0.210. The lowest BCUT2D eigenvalue weighted by molar-refractivity contribution is -0.277. The Morgan fingerprint density at radius 3 is 2.71 bits per heavy atom. The molecule has 0 bridgehead atoms. The fourth-order valence-electron chi connectivity index (χ4n) is 3.00. The fourth-order valence-corrected chi connectivity index (χ4v) is 3.56. The number of aromatic nitrogens is 1. The van der Waals surface area contributed by atoms with Crippen molar-refractivity contribution in [2.75, 3.05) is 6.61 Å². The maximum atomic E-state index is 12.7. The highest BCUT2D eigenvalue weighted by atomic mass is 32.1. The second-order valence-electron chi connectivity index (χ2n) is 6.33. The first-order valence-electron chi connectivity index (χ1n) is 8.41. The predicted octanol–water partition coefficient (Wildman–Crippen LogP) is 0.0952. The first-order valence-corrected chi connectivity index (χ1v) is 9.35. The monoisotopic (exact) mass is 407 g/mol. The molecule has 4 N–H and O–H groups in total. The van der Waals surface area contributed by atoms with E-state index in [0.29, 0.717) is 16.6 Å². The highest BCUT2D eigenvalue weighted by Crippen LogP contribution is 2.27. The van der Waals surface area contributed by atoms with Crippen LogP contribution < -0.4 is 10.2 Å². The maximum absolute atomic E-state index is 12.7. The zero-order valence-electron chi connectivity index (χ0n) is 14.3. The van der Waals surface area contributed by atoms with E-state index in [1.165, 1.54) is 35.8 Å². The van der Waals surface area contributed by atoms with Crippen LogP contribution in [0.2, 0.25) is 0 Å². The molecule has 0 aliphatic carbocycles. The molecule has 5 atom stereocenters. The van der Waals surface area contributed by atoms with Crippen LogP contribution >= 0.6 is 11.3 Å². The molecule has 3 aromatic rings. The van der Waals surface area contributed by atoms with Crippen molar-refractivity contribution >= 4 is 22.3 Å². The minimum atomic E-state index is -1.55. The van der Waals surface area contributed by atoms with Crippen LogP contribution in [0.4, 0.5) is 0 Å². The summed E-state index contributed by atoms with van der Waals surface area (Å²) in [5.41, 5.74) is 2.51. The second-order valence-corrected chi connectivity index (χ2v) is 7.04. The SMILES string of the molecule is O=c1c(-c2cscn2)coc2cc(O[C@H]3O[C@@H](CO)[C@H](O)[C@@H](O)[C@@H]3O)ccc12. The van der Waals surface area contributed by atoms with Crippen molar-refractivity contribution in [3.63, 3.8) is 0 Å². The van der Waals surface area contributed by atoms with E-state index in [2.05, 4.69) is 4.98 Å². The van der Waals surface area contributed by atoms with E-state index in [1.54, 1.807) is 10.9 Å². The molecule has 1 aliphatic heterocycles. The lowest BCUT2D eigenvalue weighted by Crippen LogP contribution is -2.60. The molecule has 0 saturated carbocycles. The van der Waals surface area contributed by atoms with E-state index in [1.807, 2.05) is 0 Å². The van der Waals surface area contributed by atoms with E-state index in [4.69, 9.17) is 13.9 Å². The van der Waals surface area contributed by atoms with Crippen LogP contribution in [0.1, 0.15) is 0 Å². The molecule has 0 radical (unpaired) electrons. The molecule has 0 amide bonds. The Morgan fingerprint density at radius 2 is 2.00 bits per heavy atom. The molecule has 0 spiro atoms. The Morgan fingerprint density at radius 1 is 1.18 bits per heavy atom. The largest absolute Gasteiger partial charge is 0.463 e. The third-order valence-electron chi connectivity index (χ3n) is 4.56. The lowest BCUT2D eigenvalue weighted by Gasteiger charge is -2.39. The van der Waals surface area contributed by atoms with Gasteiger partial charge in [0.25, 0.3) is 0 Å². The van der Waals surface area contributed by atoms with E-state index in [-0.39, 0.29) is 16.8 Å². The average Bonchev–Trinajstić information content (AvgIpc) is 3.23. The molecule has 148 valence electrons. The molecule has 1 aliphatic rings. The zero-order chi connectivity index (χ0) is 19.8. The van der Waals surface area contributed by atoms with Crippen LogP contribution in [-0.2, 0) is 4.74 Å². The summed E-state index contributed by atoms with van der Waals surface area (Å²) in [6, 6.07) is 4.45. The van der Waals surface area contributed by atoms with Crippen LogP contribution in [0.15, 0.2) is 44.6 Å². The van der Waals surface area contributed by atoms with E-state index >= 15 is 0 Å². The Bertz CT molecular complexity index is 1020. The van der Waals surface area contributed by atoms with Gasteiger partial charge in [0.15, 0.2) is 0 Å². The van der Waals surface area contributed by atoms with Crippen LogP contribution in [0.5, 0.6) is 5.75 Å². The van der Waals surface area contributed by atoms with Gasteiger partial charge < -0.3 is 34.3 Å². The average molecular weight is 407 g/mol. The van der Waals surface area contributed by atoms with Gasteiger partial charge in [-0.2, -0.15) is 0 Å². The molecule has 3 heterocycles. The van der Waals surface area contributed by atoms with Gasteiger partial charge in [-0.15, -0.1) is 11.3 Å². The summed E-state index contributed by atoms with van der Waals surface area (Å²) in [6.45, 7) is -0.559. The molecule has 10 heteroatoms. The third-order valence-corrected chi connectivity index (χ3v) is 5.14. The van der Waals surface area contributed by atoms with Gasteiger partial charge in [0.2, 0.25) is 11.7 Å². The van der Waals surface area contributed by atoms with Gasteiger partial charge in [-0.3, -0.25) is 4.79 Å². The number of thiazole rings is 1. The van der Waals surface area contributed by atoms with E-state index in [9.17, 15) is 25.2 Å². The van der Waals surface area contributed by atoms with Crippen LogP contribution in [0.25, 0.3) is 22.2 Å². The first-order chi connectivity index (χ1) is 13.5. The van der Waals surface area contributed by atoms with Crippen LogP contribution in [-0.4, -0.2) is 62.7 Å². The number of hydrogen-bond donors (Lipinski definition) is 4. The van der Waals surface area contributed by atoms with Crippen molar-refractivity contribution in [2.45, 2.75) is 30.7 Å². The molecule has 0 unspecified atom stereocenters. The fraction of sp³-hybridized carbons (Fsp3) is 0.333. The summed E-state index contributed by atoms with van der Waals surface area (Å²) in [5, 5.41) is 41.0. The third kappa shape index (κ3) is 3.30. The lowest BCUT2D eigenvalue weighted by atomic mass is 9.99. The van der Waals surface area contributed by atoms with Crippen molar-refractivity contribution in [3.8, 4) is 17.0 Å². The number of ether oxygens (including phenoxy) is 2. The molecule has 28 heavy (non-hydrogen) atoms. The Kier molecular flexibility index (Phi) is 5.15. The van der Waals surface area contributed by atoms with E-state index in [0.717, 1.165) is 0 Å². The van der Waals surface area contributed by atoms with Crippen molar-refractivity contribution in [1.82, 2.24) is 4.98 Å². The number of hydrogen-bond acceptors (Lipinski definition) is 10. The van der Waals surface area contributed by atoms with Crippen molar-refractivity contribution in [3.05, 3.63) is 45.6 Å². The van der Waals surface area contributed by atoms with Crippen molar-refractivity contribution in [1.29, 1.82) is 0 Å². The van der Waals surface area contributed by atoms with E-state index < -0.39 is 37.3 Å². The van der Waals surface area contributed by atoms with Crippen molar-refractivity contribution < 1.29 is 34.3 Å². The summed E-state index contributed by atoms with van der Waals surface area (Å²) in [5.74, 6) is 0.210. The summed E-state index contributed by atoms with van der Waals surface area (Å²) in [6.07, 6.45) is -5.64. The quantitative estimate of drug-likeness (QED) is 0.473. The molecule has 1 fully saturated rings. The van der Waals surface area contributed by atoms with Crippen molar-refractivity contribution in [2.24, 2.45) is 0 Å². The number of benzene rings is 1. The second kappa shape index (κ2) is 7.59. The highest BCUT2D eigenvalue weighted by Gasteiger charge is 2.44. The molecular weight excluding hydrogens is 390 g/mol. The highest BCUT2D eigenvalue weighted by molar-refractivity contribution is 7.07. The molecule has 9 nitrogen and oxygen atoms in total. The topological polar surface area (TPSA) is 142 Å². The normalized spacial score (nSPS) is 27.8. The van der Waals surface area contributed by atoms with Crippen LogP contribution in [0.3, 0.4) is 0 Å². The van der Waals surface area contributed by atoms with Crippen LogP contribution in [0, 0.1) is 0 Å². The number of aliphatic hydroxyl groups excluding tert-OH is 4. The standard InChI is InChI=1S/C18H17NO8S/c20-4-13-15(22)16(23)17(24)18(27-13)26-8-1-2-9-12(3-8)25-5-10(14(9)21)11-6-28-7-19-11/h1-3,5-7,13,15-18,20,22-24H,4H2/t13-,15-,16+,17-,18-/m0/s1. The van der Waals surface area contributed by atoms with Gasteiger partial charge in [0.05, 0.1) is 28.8 Å². The van der Waals surface area contributed by atoms with Gasteiger partial charge in [-0.05, 0) is 12.1 Å². The molecule has 2 aromatic heterocycles. The number of fused-ring (bicyclic) bond motifs is 1. The van der Waals surface area contributed by atoms with Gasteiger partial charge in [-0.25, -0.2) is 4.98 Å².